The molecule has 0 bridgehead atoms. The fraction of sp³-hybridized carbons (Fsp3) is 0.667. The Morgan fingerprint density at radius 2 is 2.06 bits per heavy atom. The number of nitrogen functional groups attached to an aromatic ring is 1. The number of anilines is 2. The van der Waals surface area contributed by atoms with Crippen molar-refractivity contribution < 1.29 is 0 Å². The molecule has 1 aromatic heterocycles. The van der Waals surface area contributed by atoms with E-state index >= 15 is 0 Å². The molecule has 0 spiro atoms. The van der Waals surface area contributed by atoms with Crippen LogP contribution in [0.1, 0.15) is 44.9 Å². The van der Waals surface area contributed by atoms with E-state index in [0.717, 1.165) is 18.7 Å². The molecule has 0 amide bonds. The molecule has 94 valence electrons. The maximum absolute atomic E-state index is 6.02. The Morgan fingerprint density at radius 1 is 1.35 bits per heavy atom. The first-order chi connectivity index (χ1) is 8.20. The third-order valence-corrected chi connectivity index (χ3v) is 3.40. The summed E-state index contributed by atoms with van der Waals surface area (Å²) in [5.74, 6) is 1.48. The van der Waals surface area contributed by atoms with E-state index in [-0.39, 0.29) is 0 Å². The van der Waals surface area contributed by atoms with E-state index in [0.29, 0.717) is 22.7 Å². The first-order valence-corrected chi connectivity index (χ1v) is 6.67. The summed E-state index contributed by atoms with van der Waals surface area (Å²) in [5.41, 5.74) is 6.38. The lowest BCUT2D eigenvalue weighted by Gasteiger charge is -2.15. The van der Waals surface area contributed by atoms with Gasteiger partial charge in [0, 0.05) is 12.5 Å². The molecule has 3 N–H and O–H groups in total. The highest BCUT2D eigenvalue weighted by Gasteiger charge is 2.18. The topological polar surface area (TPSA) is 63.8 Å². The Hall–Kier alpha value is -1.03. The molecule has 1 saturated carbocycles. The van der Waals surface area contributed by atoms with Crippen molar-refractivity contribution in [2.75, 3.05) is 11.1 Å². The van der Waals surface area contributed by atoms with Crippen molar-refractivity contribution in [3.63, 3.8) is 0 Å². The number of hydrogen-bond donors (Lipinski definition) is 2. The van der Waals surface area contributed by atoms with Crippen LogP contribution in [0.15, 0.2) is 0 Å². The Balaban J connectivity index is 2.18. The number of rotatable bonds is 4. The Kier molecular flexibility index (Phi) is 4.05. The number of halogens is 1. The van der Waals surface area contributed by atoms with Gasteiger partial charge in [0.25, 0.3) is 0 Å². The van der Waals surface area contributed by atoms with Crippen molar-refractivity contribution in [1.29, 1.82) is 0 Å². The quantitative estimate of drug-likeness (QED) is 0.811. The third kappa shape index (κ3) is 3.00. The summed E-state index contributed by atoms with van der Waals surface area (Å²) in [6, 6.07) is 0.484. The number of aromatic nitrogens is 2. The normalized spacial score (nSPS) is 16.4. The molecule has 1 aliphatic carbocycles. The van der Waals surface area contributed by atoms with Crippen LogP contribution in [-0.2, 0) is 6.42 Å². The van der Waals surface area contributed by atoms with Gasteiger partial charge < -0.3 is 11.1 Å². The van der Waals surface area contributed by atoms with Gasteiger partial charge in [-0.25, -0.2) is 9.97 Å². The van der Waals surface area contributed by atoms with Crippen molar-refractivity contribution in [3.8, 4) is 0 Å². The highest BCUT2D eigenvalue weighted by Crippen LogP contribution is 2.28. The van der Waals surface area contributed by atoms with E-state index in [1.165, 1.54) is 25.7 Å². The molecule has 0 aliphatic heterocycles. The Labute approximate surface area is 107 Å². The van der Waals surface area contributed by atoms with Gasteiger partial charge in [-0.05, 0) is 19.3 Å². The largest absolute Gasteiger partial charge is 0.393 e. The van der Waals surface area contributed by atoms with Crippen molar-refractivity contribution in [2.24, 2.45) is 0 Å². The average Bonchev–Trinajstić information content (AvgIpc) is 2.78. The minimum Gasteiger partial charge on any atom is -0.393 e. The van der Waals surface area contributed by atoms with Gasteiger partial charge in [-0.15, -0.1) is 0 Å². The molecular weight excluding hydrogens is 236 g/mol. The van der Waals surface area contributed by atoms with E-state index in [4.69, 9.17) is 17.3 Å². The smallest absolute Gasteiger partial charge is 0.157 e. The first-order valence-electron chi connectivity index (χ1n) is 6.29. The number of nitrogens with two attached hydrogens (primary N) is 1. The van der Waals surface area contributed by atoms with Crippen LogP contribution in [0.5, 0.6) is 0 Å². The highest BCUT2D eigenvalue weighted by molar-refractivity contribution is 6.32. The molecule has 5 heteroatoms. The zero-order valence-electron chi connectivity index (χ0n) is 10.2. The van der Waals surface area contributed by atoms with Crippen LogP contribution in [0.2, 0.25) is 5.15 Å². The van der Waals surface area contributed by atoms with Crippen molar-refractivity contribution in [1.82, 2.24) is 9.97 Å². The monoisotopic (exact) mass is 254 g/mol. The molecule has 0 saturated heterocycles. The van der Waals surface area contributed by atoms with Crippen molar-refractivity contribution in [2.45, 2.75) is 51.5 Å². The first kappa shape index (κ1) is 12.4. The predicted octanol–water partition coefficient (Wildman–Crippen LogP) is 3.02. The number of hydrogen-bond acceptors (Lipinski definition) is 4. The van der Waals surface area contributed by atoms with Gasteiger partial charge in [0.2, 0.25) is 0 Å². The number of nitrogens with one attached hydrogen (secondary N) is 1. The molecule has 1 heterocycles. The zero-order chi connectivity index (χ0) is 12.3. The summed E-state index contributed by atoms with van der Waals surface area (Å²) < 4.78 is 0. The summed E-state index contributed by atoms with van der Waals surface area (Å²) in [5, 5.41) is 3.75. The molecule has 0 radical (unpaired) electrons. The minimum absolute atomic E-state index is 0.365. The van der Waals surface area contributed by atoms with Gasteiger partial charge in [-0.1, -0.05) is 31.4 Å². The molecule has 2 rings (SSSR count). The minimum atomic E-state index is 0.365. The van der Waals surface area contributed by atoms with Crippen molar-refractivity contribution >= 4 is 23.1 Å². The molecule has 1 fully saturated rings. The lowest BCUT2D eigenvalue weighted by Crippen LogP contribution is -2.18. The third-order valence-electron chi connectivity index (χ3n) is 3.12. The van der Waals surface area contributed by atoms with E-state index < -0.39 is 0 Å². The molecule has 17 heavy (non-hydrogen) atoms. The Bertz CT molecular complexity index is 388. The van der Waals surface area contributed by atoms with Gasteiger partial charge >= 0.3 is 0 Å². The maximum atomic E-state index is 6.02. The fourth-order valence-electron chi connectivity index (χ4n) is 2.19. The van der Waals surface area contributed by atoms with Gasteiger partial charge in [-0.2, -0.15) is 0 Å². The van der Waals surface area contributed by atoms with Crippen LogP contribution < -0.4 is 11.1 Å². The van der Waals surface area contributed by atoms with E-state index in [9.17, 15) is 0 Å². The lowest BCUT2D eigenvalue weighted by atomic mass is 10.2. The summed E-state index contributed by atoms with van der Waals surface area (Å²) in [4.78, 5) is 8.64. The molecule has 0 aromatic carbocycles. The van der Waals surface area contributed by atoms with Crippen LogP contribution in [0, 0.1) is 0 Å². The standard InChI is InChI=1S/C12H19ClN4/c1-2-5-9-16-11(13)10(14)12(17-9)15-8-6-3-4-7-8/h8H,2-7,14H2,1H3,(H,15,16,17). The second kappa shape index (κ2) is 5.54. The maximum Gasteiger partial charge on any atom is 0.157 e. The fourth-order valence-corrected chi connectivity index (χ4v) is 2.38. The lowest BCUT2D eigenvalue weighted by molar-refractivity contribution is 0.745. The summed E-state index contributed by atoms with van der Waals surface area (Å²) in [7, 11) is 0. The molecule has 0 unspecified atom stereocenters. The van der Waals surface area contributed by atoms with Gasteiger partial charge in [0.05, 0.1) is 0 Å². The summed E-state index contributed by atoms with van der Waals surface area (Å²) >= 11 is 6.02. The van der Waals surface area contributed by atoms with Gasteiger partial charge in [-0.3, -0.25) is 0 Å². The highest BCUT2D eigenvalue weighted by atomic mass is 35.5. The second-order valence-electron chi connectivity index (χ2n) is 4.57. The van der Waals surface area contributed by atoms with Crippen LogP contribution in [0.4, 0.5) is 11.5 Å². The second-order valence-corrected chi connectivity index (χ2v) is 4.93. The molecule has 4 nitrogen and oxygen atoms in total. The van der Waals surface area contributed by atoms with Crippen LogP contribution in [0.3, 0.4) is 0 Å². The van der Waals surface area contributed by atoms with E-state index in [1.807, 2.05) is 0 Å². The zero-order valence-corrected chi connectivity index (χ0v) is 10.9. The van der Waals surface area contributed by atoms with E-state index in [2.05, 4.69) is 22.2 Å². The van der Waals surface area contributed by atoms with Crippen molar-refractivity contribution in [3.05, 3.63) is 11.0 Å². The number of aryl methyl sites for hydroxylation is 1. The summed E-state index contributed by atoms with van der Waals surface area (Å²) in [6.45, 7) is 2.09. The van der Waals surface area contributed by atoms with Crippen LogP contribution in [-0.4, -0.2) is 16.0 Å². The summed E-state index contributed by atoms with van der Waals surface area (Å²) in [6.07, 6.45) is 6.76. The SMILES string of the molecule is CCCc1nc(Cl)c(N)c(NC2CCCC2)n1. The van der Waals surface area contributed by atoms with E-state index in [1.54, 1.807) is 0 Å². The Morgan fingerprint density at radius 3 is 2.71 bits per heavy atom. The molecular formula is C12H19ClN4. The average molecular weight is 255 g/mol. The number of nitrogens with zero attached hydrogens (tertiary/aromatic N) is 2. The van der Waals surface area contributed by atoms with Gasteiger partial charge in [0.1, 0.15) is 11.5 Å². The molecule has 1 aliphatic rings. The van der Waals surface area contributed by atoms with Crippen LogP contribution in [0.25, 0.3) is 0 Å². The molecule has 1 aromatic rings. The van der Waals surface area contributed by atoms with Crippen LogP contribution >= 0.6 is 11.6 Å². The predicted molar refractivity (Wildman–Crippen MR) is 71.3 cm³/mol. The molecule has 0 atom stereocenters. The van der Waals surface area contributed by atoms with Gasteiger partial charge in [0.15, 0.2) is 11.0 Å².